The Bertz CT molecular complexity index is 870. The predicted molar refractivity (Wildman–Crippen MR) is 97.9 cm³/mol. The first kappa shape index (κ1) is 17.0. The van der Waals surface area contributed by atoms with Crippen LogP contribution >= 0.6 is 0 Å². The third kappa shape index (κ3) is 3.19. The fourth-order valence-corrected chi connectivity index (χ4v) is 5.17. The highest BCUT2D eigenvalue weighted by Gasteiger charge is 2.34. The Kier molecular flexibility index (Phi) is 4.32. The first-order valence-electron chi connectivity index (χ1n) is 9.27. The molecule has 7 heteroatoms. The number of fused-ring (bicyclic) bond motifs is 1. The van der Waals surface area contributed by atoms with Crippen molar-refractivity contribution < 1.29 is 8.42 Å². The van der Waals surface area contributed by atoms with Crippen molar-refractivity contribution in [2.75, 3.05) is 13.1 Å². The number of imidazole rings is 1. The summed E-state index contributed by atoms with van der Waals surface area (Å²) in [5, 5.41) is -0.357. The van der Waals surface area contributed by atoms with Crippen molar-refractivity contribution >= 4 is 21.2 Å². The third-order valence-electron chi connectivity index (χ3n) is 5.35. The molecule has 1 aliphatic carbocycles. The summed E-state index contributed by atoms with van der Waals surface area (Å²) >= 11 is 0. The molecule has 136 valence electrons. The normalized spacial score (nSPS) is 22.8. The lowest BCUT2D eigenvalue weighted by Crippen LogP contribution is -2.44. The van der Waals surface area contributed by atoms with Gasteiger partial charge in [-0.3, -0.25) is 0 Å². The van der Waals surface area contributed by atoms with Crippen LogP contribution < -0.4 is 0 Å². The minimum atomic E-state index is -3.18. The molecule has 0 bridgehead atoms. The summed E-state index contributed by atoms with van der Waals surface area (Å²) in [7, 11) is -3.18. The molecule has 2 fully saturated rings. The highest BCUT2D eigenvalue weighted by molar-refractivity contribution is 7.89. The van der Waals surface area contributed by atoms with Gasteiger partial charge in [-0.25, -0.2) is 22.7 Å². The van der Waals surface area contributed by atoms with E-state index in [1.165, 1.54) is 12.8 Å². The lowest BCUT2D eigenvalue weighted by atomic mass is 9.99. The summed E-state index contributed by atoms with van der Waals surface area (Å²) in [6.07, 6.45) is 6.19. The van der Waals surface area contributed by atoms with Crippen LogP contribution in [0.4, 0.5) is 0 Å². The largest absolute Gasteiger partial charge is 0.312 e. The number of rotatable bonds is 5. The first-order valence-corrected chi connectivity index (χ1v) is 10.8. The van der Waals surface area contributed by atoms with E-state index in [0.717, 1.165) is 36.4 Å². The van der Waals surface area contributed by atoms with E-state index in [2.05, 4.69) is 9.55 Å². The van der Waals surface area contributed by atoms with Crippen molar-refractivity contribution in [3.05, 3.63) is 24.2 Å². The summed E-state index contributed by atoms with van der Waals surface area (Å²) in [4.78, 5) is 9.35. The number of piperidine rings is 1. The molecule has 0 spiro atoms. The molecule has 6 nitrogen and oxygen atoms in total. The minimum Gasteiger partial charge on any atom is -0.312 e. The van der Waals surface area contributed by atoms with Crippen molar-refractivity contribution in [3.63, 3.8) is 0 Å². The summed E-state index contributed by atoms with van der Waals surface area (Å²) in [5.41, 5.74) is 1.89. The van der Waals surface area contributed by atoms with E-state index in [0.29, 0.717) is 24.9 Å². The summed E-state index contributed by atoms with van der Waals surface area (Å²) in [6, 6.07) is 3.94. The Hall–Kier alpha value is -1.47. The summed E-state index contributed by atoms with van der Waals surface area (Å²) in [5.74, 6) is 2.00. The summed E-state index contributed by atoms with van der Waals surface area (Å²) in [6.45, 7) is 5.59. The van der Waals surface area contributed by atoms with E-state index in [1.807, 2.05) is 18.3 Å². The van der Waals surface area contributed by atoms with Gasteiger partial charge in [0.15, 0.2) is 5.65 Å². The first-order chi connectivity index (χ1) is 12.0. The maximum Gasteiger partial charge on any atom is 0.216 e. The van der Waals surface area contributed by atoms with Crippen LogP contribution in [0, 0.1) is 5.92 Å². The van der Waals surface area contributed by atoms with Gasteiger partial charge >= 0.3 is 0 Å². The van der Waals surface area contributed by atoms with E-state index in [1.54, 1.807) is 18.2 Å². The Morgan fingerprint density at radius 1 is 1.28 bits per heavy atom. The second kappa shape index (κ2) is 6.36. The van der Waals surface area contributed by atoms with Crippen molar-refractivity contribution in [3.8, 4) is 0 Å². The lowest BCUT2D eigenvalue weighted by Gasteiger charge is -2.33. The number of hydrogen-bond acceptors (Lipinski definition) is 4. The van der Waals surface area contributed by atoms with Crippen LogP contribution in [0.1, 0.15) is 51.3 Å². The number of sulfonamides is 1. The molecule has 3 heterocycles. The maximum absolute atomic E-state index is 12.5. The molecule has 0 N–H and O–H groups in total. The van der Waals surface area contributed by atoms with Crippen molar-refractivity contribution in [2.45, 2.75) is 57.2 Å². The van der Waals surface area contributed by atoms with Gasteiger partial charge < -0.3 is 4.57 Å². The quantitative estimate of drug-likeness (QED) is 0.820. The Balaban J connectivity index is 1.60. The van der Waals surface area contributed by atoms with Crippen molar-refractivity contribution in [2.24, 2.45) is 5.92 Å². The highest BCUT2D eigenvalue weighted by Crippen LogP contribution is 2.41. The van der Waals surface area contributed by atoms with Gasteiger partial charge in [0.05, 0.1) is 5.25 Å². The predicted octanol–water partition coefficient (Wildman–Crippen LogP) is 2.76. The fourth-order valence-electron chi connectivity index (χ4n) is 3.77. The zero-order valence-electron chi connectivity index (χ0n) is 14.9. The average molecular weight is 362 g/mol. The Morgan fingerprint density at radius 2 is 2.08 bits per heavy atom. The highest BCUT2D eigenvalue weighted by atomic mass is 32.2. The fraction of sp³-hybridized carbons (Fsp3) is 0.667. The van der Waals surface area contributed by atoms with Crippen LogP contribution in [0.2, 0.25) is 0 Å². The molecule has 0 amide bonds. The second-order valence-corrected chi connectivity index (χ2v) is 10.2. The van der Waals surface area contributed by atoms with Gasteiger partial charge in [-0.2, -0.15) is 0 Å². The monoisotopic (exact) mass is 362 g/mol. The van der Waals surface area contributed by atoms with Gasteiger partial charge in [-0.05, 0) is 57.6 Å². The van der Waals surface area contributed by atoms with Crippen LogP contribution in [0.5, 0.6) is 0 Å². The SMILES string of the molecule is CC(C)S(=O)(=O)N1CCCC(Cn2c(C3CC3)nc3cccnc32)C1. The van der Waals surface area contributed by atoms with Gasteiger partial charge in [0.25, 0.3) is 0 Å². The van der Waals surface area contributed by atoms with Crippen LogP contribution in [-0.2, 0) is 16.6 Å². The average Bonchev–Trinajstić information content (AvgIpc) is 3.38. The molecule has 2 aromatic heterocycles. The summed E-state index contributed by atoms with van der Waals surface area (Å²) < 4.78 is 29.0. The minimum absolute atomic E-state index is 0.319. The molecule has 2 aromatic rings. The Morgan fingerprint density at radius 3 is 2.80 bits per heavy atom. The topological polar surface area (TPSA) is 68.1 Å². The van der Waals surface area contributed by atoms with E-state index >= 15 is 0 Å². The zero-order chi connectivity index (χ0) is 17.6. The number of nitrogens with zero attached hydrogens (tertiary/aromatic N) is 4. The molecule has 1 atom stereocenters. The third-order valence-corrected chi connectivity index (χ3v) is 7.60. The molecule has 1 saturated carbocycles. The van der Waals surface area contributed by atoms with Crippen LogP contribution in [0.25, 0.3) is 11.2 Å². The molecule has 0 radical (unpaired) electrons. The number of hydrogen-bond donors (Lipinski definition) is 0. The second-order valence-electron chi connectivity index (χ2n) is 7.66. The van der Waals surface area contributed by atoms with Crippen LogP contribution in [0.15, 0.2) is 18.3 Å². The molecule has 25 heavy (non-hydrogen) atoms. The molecule has 1 unspecified atom stereocenters. The van der Waals surface area contributed by atoms with Crippen molar-refractivity contribution in [1.29, 1.82) is 0 Å². The van der Waals surface area contributed by atoms with E-state index in [4.69, 9.17) is 4.98 Å². The van der Waals surface area contributed by atoms with Gasteiger partial charge in [-0.1, -0.05) is 0 Å². The molecular formula is C18H26N4O2S. The number of pyridine rings is 1. The standard InChI is InChI=1S/C18H26N4O2S/c1-13(2)25(23,24)21-10-4-5-14(11-21)12-22-17(15-7-8-15)20-16-6-3-9-19-18(16)22/h3,6,9,13-15H,4-5,7-8,10-12H2,1-2H3. The van der Waals surface area contributed by atoms with Gasteiger partial charge in [-0.15, -0.1) is 0 Å². The molecule has 4 rings (SSSR count). The van der Waals surface area contributed by atoms with E-state index in [-0.39, 0.29) is 5.25 Å². The molecule has 0 aromatic carbocycles. The van der Waals surface area contributed by atoms with Gasteiger partial charge in [0.1, 0.15) is 11.3 Å². The lowest BCUT2D eigenvalue weighted by molar-refractivity contribution is 0.244. The van der Waals surface area contributed by atoms with Crippen LogP contribution in [0.3, 0.4) is 0 Å². The zero-order valence-corrected chi connectivity index (χ0v) is 15.7. The molecule has 1 aliphatic heterocycles. The van der Waals surface area contributed by atoms with Crippen LogP contribution in [-0.4, -0.2) is 45.6 Å². The van der Waals surface area contributed by atoms with Crippen molar-refractivity contribution in [1.82, 2.24) is 18.8 Å². The van der Waals surface area contributed by atoms with E-state index < -0.39 is 10.0 Å². The molecule has 1 saturated heterocycles. The molecule has 2 aliphatic rings. The Labute approximate surface area is 149 Å². The maximum atomic E-state index is 12.5. The van der Waals surface area contributed by atoms with E-state index in [9.17, 15) is 8.42 Å². The van der Waals surface area contributed by atoms with Gasteiger partial charge in [0, 0.05) is 31.7 Å². The smallest absolute Gasteiger partial charge is 0.216 e. The van der Waals surface area contributed by atoms with Gasteiger partial charge in [0.2, 0.25) is 10.0 Å². The molecular weight excluding hydrogens is 336 g/mol. The number of aromatic nitrogens is 3.